The summed E-state index contributed by atoms with van der Waals surface area (Å²) in [5.41, 5.74) is -0.536. The Kier molecular flexibility index (Phi) is 4.65. The number of carbonyl (C=O) groups is 2. The Bertz CT molecular complexity index is 890. The molecule has 0 N–H and O–H groups in total. The molecule has 0 bridgehead atoms. The summed E-state index contributed by atoms with van der Waals surface area (Å²) < 4.78 is 44.4. The maximum atomic E-state index is 13.1. The first-order valence-electron chi connectivity index (χ1n) is 8.77. The number of furan rings is 1. The van der Waals surface area contributed by atoms with E-state index in [1.54, 1.807) is 17.0 Å². The fraction of sp³-hybridized carbons (Fsp3) is 0.368. The van der Waals surface area contributed by atoms with Crippen molar-refractivity contribution in [2.75, 3.05) is 23.7 Å². The van der Waals surface area contributed by atoms with Crippen molar-refractivity contribution in [2.45, 2.75) is 23.9 Å². The number of piperidine rings is 1. The van der Waals surface area contributed by atoms with Crippen molar-refractivity contribution in [3.63, 3.8) is 0 Å². The van der Waals surface area contributed by atoms with Crippen molar-refractivity contribution in [1.29, 1.82) is 0 Å². The van der Waals surface area contributed by atoms with Crippen molar-refractivity contribution >= 4 is 29.3 Å². The summed E-state index contributed by atoms with van der Waals surface area (Å²) in [6, 6.07) is 8.09. The fourth-order valence-electron chi connectivity index (χ4n) is 3.74. The number of benzene rings is 1. The fourth-order valence-corrected chi connectivity index (χ4v) is 5.07. The van der Waals surface area contributed by atoms with E-state index < -0.39 is 16.6 Å². The van der Waals surface area contributed by atoms with Gasteiger partial charge < -0.3 is 9.32 Å². The Morgan fingerprint density at radius 2 is 1.89 bits per heavy atom. The molecule has 0 unspecified atom stereocenters. The van der Waals surface area contributed by atoms with Gasteiger partial charge in [0.15, 0.2) is 5.76 Å². The number of halogens is 3. The van der Waals surface area contributed by atoms with Crippen molar-refractivity contribution in [3.05, 3.63) is 54.0 Å². The third-order valence-corrected chi connectivity index (χ3v) is 6.64. The molecule has 28 heavy (non-hydrogen) atoms. The molecule has 3 heterocycles. The zero-order valence-corrected chi connectivity index (χ0v) is 15.6. The number of hydrogen-bond donors (Lipinski definition) is 0. The van der Waals surface area contributed by atoms with Crippen molar-refractivity contribution in [2.24, 2.45) is 0 Å². The van der Waals surface area contributed by atoms with Crippen molar-refractivity contribution < 1.29 is 27.2 Å². The summed E-state index contributed by atoms with van der Waals surface area (Å²) in [6.45, 7) is 0.796. The molecule has 2 aliphatic heterocycles. The Hall–Kier alpha value is -2.42. The van der Waals surface area contributed by atoms with Gasteiger partial charge in [0.05, 0.1) is 22.5 Å². The minimum Gasteiger partial charge on any atom is -0.459 e. The molecule has 0 radical (unpaired) electrons. The molecular weight excluding hydrogens is 393 g/mol. The average Bonchev–Trinajstić information content (AvgIpc) is 3.30. The van der Waals surface area contributed by atoms with Crippen LogP contribution in [0, 0.1) is 0 Å². The van der Waals surface area contributed by atoms with Crippen LogP contribution in [0.2, 0.25) is 0 Å². The molecular formula is C19H17F3N2O3S. The highest BCUT2D eigenvalue weighted by molar-refractivity contribution is 8.02. The summed E-state index contributed by atoms with van der Waals surface area (Å²) in [5.74, 6) is 0.0262. The predicted molar refractivity (Wildman–Crippen MR) is 98.0 cm³/mol. The Labute approximate surface area is 163 Å². The summed E-state index contributed by atoms with van der Waals surface area (Å²) >= 11 is 1.44. The molecule has 148 valence electrons. The Morgan fingerprint density at radius 1 is 1.14 bits per heavy atom. The lowest BCUT2D eigenvalue weighted by molar-refractivity contribution is -0.137. The number of alkyl halides is 3. The van der Waals surface area contributed by atoms with Gasteiger partial charge in [-0.3, -0.25) is 14.5 Å². The minimum atomic E-state index is -4.47. The standard InChI is InChI=1S/C19H17F3N2O3S/c20-19(21,22)13-3-1-4-14(11-13)24-16(25)12-28-18(24)6-8-23(9-7-18)17(26)15-5-2-10-27-15/h1-5,10-11H,6-9,12H2. The first-order chi connectivity index (χ1) is 13.3. The van der Waals surface area contributed by atoms with E-state index >= 15 is 0 Å². The van der Waals surface area contributed by atoms with Gasteiger partial charge in [-0.1, -0.05) is 6.07 Å². The second-order valence-electron chi connectivity index (χ2n) is 6.78. The smallest absolute Gasteiger partial charge is 0.416 e. The topological polar surface area (TPSA) is 53.8 Å². The van der Waals surface area contributed by atoms with E-state index in [4.69, 9.17) is 4.42 Å². The van der Waals surface area contributed by atoms with Crippen molar-refractivity contribution in [3.8, 4) is 0 Å². The van der Waals surface area contributed by atoms with Crippen LogP contribution in [0.3, 0.4) is 0 Å². The average molecular weight is 410 g/mol. The number of thioether (sulfide) groups is 1. The summed E-state index contributed by atoms with van der Waals surface area (Å²) in [5, 5.41) is 0. The highest BCUT2D eigenvalue weighted by Crippen LogP contribution is 2.47. The number of likely N-dealkylation sites (tertiary alicyclic amines) is 1. The van der Waals surface area contributed by atoms with Crippen LogP contribution >= 0.6 is 11.8 Å². The lowest BCUT2D eigenvalue weighted by Crippen LogP contribution is -2.53. The van der Waals surface area contributed by atoms with Gasteiger partial charge in [0.25, 0.3) is 5.91 Å². The lowest BCUT2D eigenvalue weighted by Gasteiger charge is -2.43. The molecule has 9 heteroatoms. The summed E-state index contributed by atoms with van der Waals surface area (Å²) in [6.07, 6.45) is -2.09. The highest BCUT2D eigenvalue weighted by atomic mass is 32.2. The second kappa shape index (κ2) is 6.88. The predicted octanol–water partition coefficient (Wildman–Crippen LogP) is 4.01. The SMILES string of the molecule is O=C(c1ccco1)N1CCC2(CC1)SCC(=O)N2c1cccc(C(F)(F)F)c1. The molecule has 1 spiro atoms. The maximum Gasteiger partial charge on any atom is 0.416 e. The van der Waals surface area contributed by atoms with Crippen LogP contribution in [0.1, 0.15) is 29.0 Å². The van der Waals surface area contributed by atoms with Crippen LogP contribution < -0.4 is 4.90 Å². The molecule has 2 amide bonds. The first kappa shape index (κ1) is 18.9. The van der Waals surface area contributed by atoms with E-state index in [9.17, 15) is 22.8 Å². The maximum absolute atomic E-state index is 13.1. The molecule has 1 aromatic carbocycles. The largest absolute Gasteiger partial charge is 0.459 e. The van der Waals surface area contributed by atoms with Gasteiger partial charge >= 0.3 is 6.18 Å². The van der Waals surface area contributed by atoms with Crippen LogP contribution in [-0.4, -0.2) is 40.4 Å². The molecule has 1 aromatic heterocycles. The van der Waals surface area contributed by atoms with Gasteiger partial charge in [-0.15, -0.1) is 11.8 Å². The minimum absolute atomic E-state index is 0.211. The molecule has 0 atom stereocenters. The molecule has 4 rings (SSSR count). The number of rotatable bonds is 2. The zero-order valence-electron chi connectivity index (χ0n) is 14.7. The molecule has 2 saturated heterocycles. The summed E-state index contributed by atoms with van der Waals surface area (Å²) in [7, 11) is 0. The molecule has 0 saturated carbocycles. The third-order valence-electron chi connectivity index (χ3n) is 5.12. The van der Waals surface area contributed by atoms with Crippen LogP contribution in [0.4, 0.5) is 18.9 Å². The summed E-state index contributed by atoms with van der Waals surface area (Å²) in [4.78, 5) is 27.5. The van der Waals surface area contributed by atoms with E-state index in [-0.39, 0.29) is 29.0 Å². The van der Waals surface area contributed by atoms with E-state index in [0.29, 0.717) is 25.9 Å². The van der Waals surface area contributed by atoms with Crippen molar-refractivity contribution in [1.82, 2.24) is 4.90 Å². The third kappa shape index (κ3) is 3.28. The molecule has 2 fully saturated rings. The quantitative estimate of drug-likeness (QED) is 0.751. The van der Waals surface area contributed by atoms with Gasteiger partial charge in [-0.25, -0.2) is 0 Å². The molecule has 0 aliphatic carbocycles. The van der Waals surface area contributed by atoms with Gasteiger partial charge in [-0.2, -0.15) is 13.2 Å². The number of anilines is 1. The van der Waals surface area contributed by atoms with Crippen LogP contribution in [0.5, 0.6) is 0 Å². The Balaban J connectivity index is 1.57. The second-order valence-corrected chi connectivity index (χ2v) is 8.12. The Morgan fingerprint density at radius 3 is 2.54 bits per heavy atom. The molecule has 2 aromatic rings. The first-order valence-corrected chi connectivity index (χ1v) is 9.76. The van der Waals surface area contributed by atoms with Crippen LogP contribution in [-0.2, 0) is 11.0 Å². The number of nitrogens with zero attached hydrogens (tertiary/aromatic N) is 2. The number of hydrogen-bond acceptors (Lipinski definition) is 4. The monoisotopic (exact) mass is 410 g/mol. The van der Waals surface area contributed by atoms with Gasteiger partial charge in [0.2, 0.25) is 5.91 Å². The zero-order chi connectivity index (χ0) is 19.9. The molecule has 2 aliphatic rings. The van der Waals surface area contributed by atoms with E-state index in [1.807, 2.05) is 0 Å². The van der Waals surface area contributed by atoms with Crippen LogP contribution in [0.15, 0.2) is 47.1 Å². The normalized spacial score (nSPS) is 19.5. The van der Waals surface area contributed by atoms with Gasteiger partial charge in [-0.05, 0) is 43.2 Å². The van der Waals surface area contributed by atoms with E-state index in [0.717, 1.165) is 12.1 Å². The highest BCUT2D eigenvalue weighted by Gasteiger charge is 2.49. The number of amides is 2. The number of carbonyl (C=O) groups excluding carboxylic acids is 2. The van der Waals surface area contributed by atoms with Crippen LogP contribution in [0.25, 0.3) is 0 Å². The lowest BCUT2D eigenvalue weighted by atomic mass is 10.0. The van der Waals surface area contributed by atoms with Gasteiger partial charge in [0, 0.05) is 18.8 Å². The van der Waals surface area contributed by atoms with E-state index in [1.165, 1.54) is 35.1 Å². The van der Waals surface area contributed by atoms with Gasteiger partial charge in [0.1, 0.15) is 0 Å². The molecule has 5 nitrogen and oxygen atoms in total. The van der Waals surface area contributed by atoms with E-state index in [2.05, 4.69) is 0 Å².